The number of phosphoric ester groups is 1. The van der Waals surface area contributed by atoms with Gasteiger partial charge in [-0.15, -0.1) is 0 Å². The highest BCUT2D eigenvalue weighted by molar-refractivity contribution is 9.10. The third kappa shape index (κ3) is 4.26. The van der Waals surface area contributed by atoms with Gasteiger partial charge in [0.15, 0.2) is 45.2 Å². The number of para-hydroxylation sites is 2. The molecule has 34 heavy (non-hydrogen) atoms. The van der Waals surface area contributed by atoms with Gasteiger partial charge in [-0.05, 0) is 41.9 Å². The predicted octanol–water partition coefficient (Wildman–Crippen LogP) is 2.49. The maximum absolute atomic E-state index is 12.5. The van der Waals surface area contributed by atoms with Crippen molar-refractivity contribution in [1.29, 1.82) is 0 Å². The average molecular weight is 558 g/mol. The van der Waals surface area contributed by atoms with E-state index in [1.54, 1.807) is 30.5 Å². The smallest absolute Gasteiger partial charge is 0.504 e. The zero-order valence-corrected chi connectivity index (χ0v) is 20.4. The SMILES string of the molecule is CC1(C)O[C@@H]2[C@H](O1)[C@@H](n1c(Br)nc3c(N)ncnc31)O[C@H]2COP(=O)(O)Oc1ccccc1O. The van der Waals surface area contributed by atoms with E-state index in [9.17, 15) is 14.6 Å². The van der Waals surface area contributed by atoms with Gasteiger partial charge in [-0.3, -0.25) is 14.0 Å². The Kier molecular flexibility index (Phi) is 5.80. The van der Waals surface area contributed by atoms with Crippen molar-refractivity contribution in [2.75, 3.05) is 12.3 Å². The van der Waals surface area contributed by atoms with Gasteiger partial charge in [0.05, 0.1) is 6.61 Å². The van der Waals surface area contributed by atoms with Crippen LogP contribution in [0.4, 0.5) is 5.82 Å². The zero-order chi connectivity index (χ0) is 24.3. The lowest BCUT2D eigenvalue weighted by atomic mass is 10.1. The van der Waals surface area contributed by atoms with Crippen LogP contribution in [0.15, 0.2) is 35.3 Å². The van der Waals surface area contributed by atoms with Crippen molar-refractivity contribution in [3.05, 3.63) is 35.3 Å². The van der Waals surface area contributed by atoms with Gasteiger partial charge in [-0.2, -0.15) is 0 Å². The Labute approximate surface area is 201 Å². The normalized spacial score (nSPS) is 27.5. The number of aromatic nitrogens is 4. The molecule has 0 spiro atoms. The van der Waals surface area contributed by atoms with Crippen LogP contribution in [-0.2, 0) is 23.3 Å². The summed E-state index contributed by atoms with van der Waals surface area (Å²) in [5, 5.41) is 9.80. The van der Waals surface area contributed by atoms with Crippen molar-refractivity contribution < 1.29 is 37.8 Å². The third-order valence-electron chi connectivity index (χ3n) is 5.32. The molecule has 5 atom stereocenters. The summed E-state index contributed by atoms with van der Waals surface area (Å²) in [5.74, 6) is -1.23. The standard InChI is InChI=1S/C19H21BrN5O8P/c1-19(2)31-13-11(7-29-34(27,28)33-10-6-4-3-5-9(10)26)30-17(14(13)32-19)25-16-12(24-18(25)20)15(21)22-8-23-16/h3-6,8,11,13-14,17,26H,7H2,1-2H3,(H,27,28)(H2,21,22,23)/t11-,13-,14-,17-/m0/s1. The lowest BCUT2D eigenvalue weighted by Crippen LogP contribution is -2.32. The number of phenolic OH excluding ortho intramolecular Hbond substituents is 1. The number of phenols is 1. The Hall–Kier alpha value is -2.32. The zero-order valence-electron chi connectivity index (χ0n) is 17.9. The Morgan fingerprint density at radius 1 is 1.26 bits per heavy atom. The van der Waals surface area contributed by atoms with Crippen LogP contribution in [0, 0.1) is 0 Å². The van der Waals surface area contributed by atoms with E-state index in [4.69, 9.17) is 29.0 Å². The molecule has 0 aliphatic carbocycles. The summed E-state index contributed by atoms with van der Waals surface area (Å²) in [7, 11) is -4.60. The van der Waals surface area contributed by atoms with E-state index in [0.717, 1.165) is 0 Å². The number of anilines is 1. The number of benzene rings is 1. The van der Waals surface area contributed by atoms with Gasteiger partial charge in [-0.25, -0.2) is 19.5 Å². The van der Waals surface area contributed by atoms with E-state index in [1.165, 1.54) is 18.5 Å². The summed E-state index contributed by atoms with van der Waals surface area (Å²) in [4.78, 5) is 22.8. The fraction of sp³-hybridized carbons (Fsp3) is 0.421. The second kappa shape index (κ2) is 8.41. The molecule has 5 rings (SSSR count). The van der Waals surface area contributed by atoms with Crippen LogP contribution < -0.4 is 10.3 Å². The topological polar surface area (TPSA) is 173 Å². The number of fused-ring (bicyclic) bond motifs is 2. The van der Waals surface area contributed by atoms with E-state index in [1.807, 2.05) is 0 Å². The van der Waals surface area contributed by atoms with Gasteiger partial charge in [0, 0.05) is 0 Å². The molecule has 3 aromatic rings. The molecule has 0 saturated carbocycles. The van der Waals surface area contributed by atoms with E-state index < -0.39 is 38.1 Å². The molecular formula is C19H21BrN5O8P. The van der Waals surface area contributed by atoms with E-state index >= 15 is 0 Å². The van der Waals surface area contributed by atoms with E-state index in [0.29, 0.717) is 15.9 Å². The van der Waals surface area contributed by atoms with Crippen molar-refractivity contribution in [3.63, 3.8) is 0 Å². The lowest BCUT2D eigenvalue weighted by Gasteiger charge is -2.25. The Morgan fingerprint density at radius 2 is 2.00 bits per heavy atom. The molecule has 1 unspecified atom stereocenters. The van der Waals surface area contributed by atoms with Crippen molar-refractivity contribution in [1.82, 2.24) is 19.5 Å². The minimum atomic E-state index is -4.60. The summed E-state index contributed by atoms with van der Waals surface area (Å²) < 4.78 is 42.9. The summed E-state index contributed by atoms with van der Waals surface area (Å²) in [6.07, 6.45) is -1.54. The number of ether oxygens (including phenoxy) is 3. The molecule has 0 amide bonds. The fourth-order valence-corrected chi connectivity index (χ4v) is 5.32. The molecular weight excluding hydrogens is 537 g/mol. The molecule has 2 aliphatic rings. The number of nitrogen functional groups attached to an aromatic ring is 1. The van der Waals surface area contributed by atoms with Crippen LogP contribution in [-0.4, -0.2) is 60.2 Å². The first-order valence-electron chi connectivity index (χ1n) is 10.1. The summed E-state index contributed by atoms with van der Waals surface area (Å²) >= 11 is 3.41. The highest BCUT2D eigenvalue weighted by Crippen LogP contribution is 2.49. The monoisotopic (exact) mass is 557 g/mol. The van der Waals surface area contributed by atoms with Crippen LogP contribution in [0.25, 0.3) is 11.2 Å². The number of imidazole rings is 1. The van der Waals surface area contributed by atoms with Crippen LogP contribution in [0.5, 0.6) is 11.5 Å². The summed E-state index contributed by atoms with van der Waals surface area (Å²) in [5.41, 5.74) is 6.72. The summed E-state index contributed by atoms with van der Waals surface area (Å²) in [6, 6.07) is 5.75. The van der Waals surface area contributed by atoms with Crippen LogP contribution in [0.3, 0.4) is 0 Å². The van der Waals surface area contributed by atoms with Crippen LogP contribution >= 0.6 is 23.8 Å². The quantitative estimate of drug-likeness (QED) is 0.299. The summed E-state index contributed by atoms with van der Waals surface area (Å²) in [6.45, 7) is 3.14. The number of phosphoric acid groups is 1. The van der Waals surface area contributed by atoms with Gasteiger partial charge in [-0.1, -0.05) is 12.1 Å². The van der Waals surface area contributed by atoms with E-state index in [2.05, 4.69) is 30.9 Å². The first kappa shape index (κ1) is 23.4. The Balaban J connectivity index is 1.39. The van der Waals surface area contributed by atoms with Gasteiger partial charge >= 0.3 is 7.82 Å². The first-order chi connectivity index (χ1) is 16.0. The number of hydrogen-bond donors (Lipinski definition) is 3. The molecule has 182 valence electrons. The molecule has 1 aromatic carbocycles. The number of nitrogens with two attached hydrogens (primary N) is 1. The largest absolute Gasteiger partial charge is 0.527 e. The third-order valence-corrected chi connectivity index (χ3v) is 6.79. The molecule has 2 fully saturated rings. The maximum atomic E-state index is 12.5. The Morgan fingerprint density at radius 3 is 2.76 bits per heavy atom. The van der Waals surface area contributed by atoms with Gasteiger partial charge in [0.2, 0.25) is 0 Å². The van der Waals surface area contributed by atoms with Crippen molar-refractivity contribution in [2.24, 2.45) is 0 Å². The second-order valence-electron chi connectivity index (χ2n) is 8.14. The lowest BCUT2D eigenvalue weighted by molar-refractivity contribution is -0.199. The molecule has 0 bridgehead atoms. The number of aromatic hydroxyl groups is 1. The highest BCUT2D eigenvalue weighted by Gasteiger charge is 2.57. The molecule has 15 heteroatoms. The predicted molar refractivity (Wildman–Crippen MR) is 120 cm³/mol. The van der Waals surface area contributed by atoms with Gasteiger partial charge in [0.25, 0.3) is 0 Å². The molecule has 13 nitrogen and oxygen atoms in total. The van der Waals surface area contributed by atoms with E-state index in [-0.39, 0.29) is 23.9 Å². The van der Waals surface area contributed by atoms with Crippen molar-refractivity contribution >= 4 is 40.7 Å². The molecule has 2 aliphatic heterocycles. The average Bonchev–Trinajstić information content (AvgIpc) is 3.36. The maximum Gasteiger partial charge on any atom is 0.527 e. The molecule has 2 aromatic heterocycles. The van der Waals surface area contributed by atoms with Crippen molar-refractivity contribution in [3.8, 4) is 11.5 Å². The fourth-order valence-electron chi connectivity index (χ4n) is 3.98. The second-order valence-corrected chi connectivity index (χ2v) is 10.2. The van der Waals surface area contributed by atoms with Crippen LogP contribution in [0.1, 0.15) is 20.1 Å². The minimum absolute atomic E-state index is 0.191. The molecule has 4 heterocycles. The number of hydrogen-bond acceptors (Lipinski definition) is 11. The van der Waals surface area contributed by atoms with Crippen molar-refractivity contribution in [2.45, 2.75) is 44.2 Å². The van der Waals surface area contributed by atoms with Gasteiger partial charge in [0.1, 0.15) is 24.6 Å². The highest BCUT2D eigenvalue weighted by atomic mass is 79.9. The molecule has 0 radical (unpaired) electrons. The van der Waals surface area contributed by atoms with Gasteiger partial charge < -0.3 is 29.6 Å². The minimum Gasteiger partial charge on any atom is -0.504 e. The number of rotatable bonds is 6. The molecule has 2 saturated heterocycles. The molecule has 4 N–H and O–H groups in total. The van der Waals surface area contributed by atoms with Crippen LogP contribution in [0.2, 0.25) is 0 Å². The first-order valence-corrected chi connectivity index (χ1v) is 12.4. The number of halogens is 1. The number of nitrogens with zero attached hydrogens (tertiary/aromatic N) is 4. The Bertz CT molecular complexity index is 1290.